The molecule has 1 amide bonds. The summed E-state index contributed by atoms with van der Waals surface area (Å²) in [5, 5.41) is 0.696. The number of benzene rings is 2. The van der Waals surface area contributed by atoms with Crippen LogP contribution in [0.15, 0.2) is 55.2 Å². The van der Waals surface area contributed by atoms with Gasteiger partial charge in [0.1, 0.15) is 5.75 Å². The summed E-state index contributed by atoms with van der Waals surface area (Å²) >= 11 is 8.42. The molecule has 7 heteroatoms. The molecule has 0 saturated carbocycles. The van der Waals surface area contributed by atoms with Gasteiger partial charge in [0.05, 0.1) is 26.6 Å². The van der Waals surface area contributed by atoms with Crippen molar-refractivity contribution in [1.82, 2.24) is 4.90 Å². The van der Waals surface area contributed by atoms with Crippen LogP contribution in [0.25, 0.3) is 6.08 Å². The van der Waals surface area contributed by atoms with Crippen molar-refractivity contribution in [1.29, 1.82) is 0 Å². The third-order valence-electron chi connectivity index (χ3n) is 4.13. The molecule has 1 saturated heterocycles. The second-order valence-corrected chi connectivity index (χ2v) is 9.35. The normalized spacial score (nSPS) is 17.2. The van der Waals surface area contributed by atoms with E-state index in [4.69, 9.17) is 9.73 Å². The van der Waals surface area contributed by atoms with Crippen molar-refractivity contribution < 1.29 is 9.53 Å². The number of aryl methyl sites for hydroxylation is 1. The van der Waals surface area contributed by atoms with E-state index in [1.54, 1.807) is 12.0 Å². The van der Waals surface area contributed by atoms with E-state index < -0.39 is 0 Å². The zero-order valence-electron chi connectivity index (χ0n) is 16.0. The molecule has 0 atom stereocenters. The molecule has 146 valence electrons. The zero-order valence-corrected chi connectivity index (χ0v) is 20.0. The maximum absolute atomic E-state index is 13.0. The van der Waals surface area contributed by atoms with Crippen LogP contribution >= 0.6 is 43.6 Å². The van der Waals surface area contributed by atoms with Crippen LogP contribution < -0.4 is 4.74 Å². The van der Waals surface area contributed by atoms with E-state index in [2.05, 4.69) is 31.9 Å². The lowest BCUT2D eigenvalue weighted by Crippen LogP contribution is -2.35. The number of halogens is 2. The van der Waals surface area contributed by atoms with Gasteiger partial charge in [-0.1, -0.05) is 17.7 Å². The Hall–Kier alpha value is -1.57. The lowest BCUT2D eigenvalue weighted by atomic mass is 10.2. The number of carbonyl (C=O) groups is 1. The minimum absolute atomic E-state index is 0.0180. The molecule has 0 unspecified atom stereocenters. The van der Waals surface area contributed by atoms with Crippen LogP contribution in [0.3, 0.4) is 0 Å². The van der Waals surface area contributed by atoms with E-state index in [0.717, 1.165) is 25.9 Å². The minimum atomic E-state index is -0.0334. The predicted octanol–water partition coefficient (Wildman–Crippen LogP) is 6.54. The zero-order chi connectivity index (χ0) is 20.4. The lowest BCUT2D eigenvalue weighted by Gasteiger charge is -2.19. The van der Waals surface area contributed by atoms with Gasteiger partial charge in [0.25, 0.3) is 5.91 Å². The Labute approximate surface area is 186 Å². The van der Waals surface area contributed by atoms with Gasteiger partial charge in [-0.2, -0.15) is 0 Å². The molecule has 3 rings (SSSR count). The highest BCUT2D eigenvalue weighted by molar-refractivity contribution is 9.11. The SMILES string of the molecule is COc1c(Br)cc(/C=C2/SC(=Nc3ccc(C)cc3)N(C(C)C)C2=O)cc1Br. The number of hydrogen-bond acceptors (Lipinski definition) is 4. The number of ether oxygens (including phenoxy) is 1. The Bertz CT molecular complexity index is 946. The highest BCUT2D eigenvalue weighted by atomic mass is 79.9. The van der Waals surface area contributed by atoms with Crippen LogP contribution in [-0.4, -0.2) is 29.1 Å². The van der Waals surface area contributed by atoms with Crippen molar-refractivity contribution in [3.05, 3.63) is 61.4 Å². The number of methoxy groups -OCH3 is 1. The fourth-order valence-corrected chi connectivity index (χ4v) is 5.43. The fraction of sp³-hybridized carbons (Fsp3) is 0.238. The Morgan fingerprint density at radius 2 is 1.75 bits per heavy atom. The van der Waals surface area contributed by atoms with Crippen LogP contribution in [-0.2, 0) is 4.79 Å². The summed E-state index contributed by atoms with van der Waals surface area (Å²) in [6.45, 7) is 6.02. The van der Waals surface area contributed by atoms with E-state index in [0.29, 0.717) is 10.1 Å². The van der Waals surface area contributed by atoms with E-state index in [-0.39, 0.29) is 11.9 Å². The van der Waals surface area contributed by atoms with Crippen LogP contribution in [0.1, 0.15) is 25.0 Å². The van der Waals surface area contributed by atoms with Crippen LogP contribution in [0.5, 0.6) is 5.75 Å². The molecule has 2 aromatic rings. The maximum Gasteiger partial charge on any atom is 0.266 e. The number of amides is 1. The molecule has 1 fully saturated rings. The molecule has 0 aliphatic carbocycles. The molecule has 2 aromatic carbocycles. The van der Waals surface area contributed by atoms with Gasteiger partial charge in [0.15, 0.2) is 5.17 Å². The smallest absolute Gasteiger partial charge is 0.266 e. The van der Waals surface area contributed by atoms with Crippen LogP contribution in [0, 0.1) is 6.92 Å². The lowest BCUT2D eigenvalue weighted by molar-refractivity contribution is -0.123. The summed E-state index contributed by atoms with van der Waals surface area (Å²) in [4.78, 5) is 20.1. The average molecular weight is 524 g/mol. The quantitative estimate of drug-likeness (QED) is 0.427. The van der Waals surface area contributed by atoms with Gasteiger partial charge in [-0.25, -0.2) is 4.99 Å². The van der Waals surface area contributed by atoms with Crippen LogP contribution in [0.2, 0.25) is 0 Å². The second kappa shape index (κ2) is 8.84. The number of carbonyl (C=O) groups excluding carboxylic acids is 1. The maximum atomic E-state index is 13.0. The first-order valence-corrected chi connectivity index (χ1v) is 11.1. The molecule has 1 aliphatic heterocycles. The van der Waals surface area contributed by atoms with Crippen molar-refractivity contribution in [2.45, 2.75) is 26.8 Å². The first-order valence-electron chi connectivity index (χ1n) is 8.71. The van der Waals surface area contributed by atoms with Crippen molar-refractivity contribution in [2.24, 2.45) is 4.99 Å². The average Bonchev–Trinajstić information content (AvgIpc) is 2.92. The van der Waals surface area contributed by atoms with Crippen molar-refractivity contribution >= 4 is 66.5 Å². The Balaban J connectivity index is 1.98. The monoisotopic (exact) mass is 522 g/mol. The van der Waals surface area contributed by atoms with Gasteiger partial charge in [-0.3, -0.25) is 9.69 Å². The van der Waals surface area contributed by atoms with E-state index >= 15 is 0 Å². The number of hydrogen-bond donors (Lipinski definition) is 0. The first kappa shape index (κ1) is 21.1. The number of thioether (sulfide) groups is 1. The summed E-state index contributed by atoms with van der Waals surface area (Å²) in [6.07, 6.45) is 1.88. The predicted molar refractivity (Wildman–Crippen MR) is 124 cm³/mol. The van der Waals surface area contributed by atoms with Crippen LogP contribution in [0.4, 0.5) is 5.69 Å². The molecule has 1 aliphatic rings. The Kier molecular flexibility index (Phi) is 6.68. The largest absolute Gasteiger partial charge is 0.494 e. The molecule has 0 radical (unpaired) electrons. The number of nitrogens with zero attached hydrogens (tertiary/aromatic N) is 2. The van der Waals surface area contributed by atoms with Crippen molar-refractivity contribution in [3.8, 4) is 5.75 Å². The third-order valence-corrected chi connectivity index (χ3v) is 6.30. The molecule has 4 nitrogen and oxygen atoms in total. The highest BCUT2D eigenvalue weighted by Gasteiger charge is 2.35. The van der Waals surface area contributed by atoms with Gasteiger partial charge < -0.3 is 4.74 Å². The van der Waals surface area contributed by atoms with E-state index in [9.17, 15) is 4.79 Å². The number of amidine groups is 1. The van der Waals surface area contributed by atoms with Gasteiger partial charge in [0.2, 0.25) is 0 Å². The Morgan fingerprint density at radius 1 is 1.14 bits per heavy atom. The summed E-state index contributed by atoms with van der Waals surface area (Å²) < 4.78 is 6.99. The minimum Gasteiger partial charge on any atom is -0.494 e. The van der Waals surface area contributed by atoms with E-state index in [1.165, 1.54) is 17.3 Å². The topological polar surface area (TPSA) is 41.9 Å². The molecule has 0 spiro atoms. The molecule has 0 bridgehead atoms. The molecule has 0 aromatic heterocycles. The van der Waals surface area contributed by atoms with Crippen molar-refractivity contribution in [2.75, 3.05) is 7.11 Å². The summed E-state index contributed by atoms with van der Waals surface area (Å²) in [7, 11) is 1.62. The number of aliphatic imine (C=N–C) groups is 1. The van der Waals surface area contributed by atoms with Gasteiger partial charge in [-0.15, -0.1) is 0 Å². The van der Waals surface area contributed by atoms with Crippen molar-refractivity contribution in [3.63, 3.8) is 0 Å². The second-order valence-electron chi connectivity index (χ2n) is 6.63. The first-order chi connectivity index (χ1) is 13.3. The summed E-state index contributed by atoms with van der Waals surface area (Å²) in [6, 6.07) is 11.8. The standard InChI is InChI=1S/C21H20Br2N2O2S/c1-12(2)25-20(26)18(11-14-9-16(22)19(27-4)17(23)10-14)28-21(25)24-15-7-5-13(3)6-8-15/h5-12H,1-4H3/b18-11+,24-21?. The van der Waals surface area contributed by atoms with Gasteiger partial charge in [-0.05, 0) is 100 Å². The summed E-state index contributed by atoms with van der Waals surface area (Å²) in [5.41, 5.74) is 2.91. The molecule has 1 heterocycles. The molecular weight excluding hydrogens is 504 g/mol. The van der Waals surface area contributed by atoms with E-state index in [1.807, 2.05) is 63.2 Å². The van der Waals surface area contributed by atoms with Gasteiger partial charge >= 0.3 is 0 Å². The third kappa shape index (κ3) is 4.53. The fourth-order valence-electron chi connectivity index (χ4n) is 2.76. The molecular formula is C21H20Br2N2O2S. The Morgan fingerprint density at radius 3 is 2.29 bits per heavy atom. The van der Waals surface area contributed by atoms with Gasteiger partial charge in [0, 0.05) is 6.04 Å². The molecule has 0 N–H and O–H groups in total. The summed E-state index contributed by atoms with van der Waals surface area (Å²) in [5.74, 6) is 0.687. The number of rotatable bonds is 4. The highest BCUT2D eigenvalue weighted by Crippen LogP contribution is 2.38. The molecule has 28 heavy (non-hydrogen) atoms.